The molecular formula is C28H18BrClN2O3S. The Morgan fingerprint density at radius 2 is 1.83 bits per heavy atom. The highest BCUT2D eigenvalue weighted by Crippen LogP contribution is 2.43. The van der Waals surface area contributed by atoms with Crippen molar-refractivity contribution in [3.05, 3.63) is 118 Å². The lowest BCUT2D eigenvalue weighted by Crippen LogP contribution is -2.38. The topological polar surface area (TPSA) is 52.8 Å². The first-order valence-corrected chi connectivity index (χ1v) is 13.5. The number of fused-ring (bicyclic) bond motifs is 4. The van der Waals surface area contributed by atoms with Crippen molar-refractivity contribution in [2.45, 2.75) is 18.9 Å². The predicted octanol–water partition coefficient (Wildman–Crippen LogP) is 5.46. The van der Waals surface area contributed by atoms with E-state index in [1.807, 2.05) is 53.1 Å². The van der Waals surface area contributed by atoms with Crippen molar-refractivity contribution in [1.82, 2.24) is 4.57 Å². The summed E-state index contributed by atoms with van der Waals surface area (Å²) in [6.45, 7) is 0.193. The second kappa shape index (κ2) is 8.47. The van der Waals surface area contributed by atoms with Gasteiger partial charge in [0.05, 0.1) is 16.3 Å². The number of halogens is 2. The van der Waals surface area contributed by atoms with Gasteiger partial charge in [0.25, 0.3) is 5.56 Å². The summed E-state index contributed by atoms with van der Waals surface area (Å²) < 4.78 is 14.2. The number of rotatable bonds is 2. The van der Waals surface area contributed by atoms with Crippen LogP contribution < -0.4 is 24.4 Å². The fourth-order valence-electron chi connectivity index (χ4n) is 5.18. The Morgan fingerprint density at radius 3 is 2.69 bits per heavy atom. The highest BCUT2D eigenvalue weighted by Gasteiger charge is 2.33. The van der Waals surface area contributed by atoms with Gasteiger partial charge in [-0.25, -0.2) is 4.99 Å². The van der Waals surface area contributed by atoms with Crippen LogP contribution >= 0.6 is 38.9 Å². The van der Waals surface area contributed by atoms with Crippen LogP contribution in [0.1, 0.15) is 34.7 Å². The van der Waals surface area contributed by atoms with Crippen LogP contribution in [0.2, 0.25) is 5.02 Å². The molecule has 4 aromatic rings. The maximum Gasteiger partial charge on any atom is 0.271 e. The third-order valence-corrected chi connectivity index (χ3v) is 8.87. The summed E-state index contributed by atoms with van der Waals surface area (Å²) in [5.41, 5.74) is 6.17. The van der Waals surface area contributed by atoms with Gasteiger partial charge in [0.15, 0.2) is 16.3 Å². The molecule has 178 valence electrons. The maximum absolute atomic E-state index is 13.9. The predicted molar refractivity (Wildman–Crippen MR) is 144 cm³/mol. The Kier molecular flexibility index (Phi) is 5.20. The van der Waals surface area contributed by atoms with E-state index in [2.05, 4.69) is 34.1 Å². The fourth-order valence-corrected chi connectivity index (χ4v) is 6.85. The number of benzene rings is 3. The zero-order valence-corrected chi connectivity index (χ0v) is 22.0. The van der Waals surface area contributed by atoms with Crippen molar-refractivity contribution in [2.75, 3.05) is 6.79 Å². The minimum Gasteiger partial charge on any atom is -0.454 e. The number of aromatic nitrogens is 1. The lowest BCUT2D eigenvalue weighted by atomic mass is 9.83. The van der Waals surface area contributed by atoms with E-state index in [4.69, 9.17) is 26.1 Å². The molecule has 3 aromatic carbocycles. The molecule has 8 heteroatoms. The van der Waals surface area contributed by atoms with Crippen molar-refractivity contribution < 1.29 is 9.47 Å². The SMILES string of the molecule is O=c1/c(=C\c2cc3c(cc2Br)OCO3)sc2n1C(c1ccccc1Cl)C1=C(N=2)c2ccccc2CC1. The average molecular weight is 578 g/mol. The van der Waals surface area contributed by atoms with Gasteiger partial charge in [-0.15, -0.1) is 0 Å². The highest BCUT2D eigenvalue weighted by atomic mass is 79.9. The summed E-state index contributed by atoms with van der Waals surface area (Å²) in [6.07, 6.45) is 3.61. The molecule has 0 saturated carbocycles. The lowest BCUT2D eigenvalue weighted by molar-refractivity contribution is 0.174. The van der Waals surface area contributed by atoms with E-state index in [-0.39, 0.29) is 18.4 Å². The molecule has 0 amide bonds. The number of hydrogen-bond donors (Lipinski definition) is 0. The van der Waals surface area contributed by atoms with E-state index >= 15 is 0 Å². The van der Waals surface area contributed by atoms with Gasteiger partial charge in [-0.2, -0.15) is 0 Å². The third kappa shape index (κ3) is 3.41. The summed E-state index contributed by atoms with van der Waals surface area (Å²) >= 11 is 11.7. The molecule has 0 radical (unpaired) electrons. The van der Waals surface area contributed by atoms with E-state index in [0.29, 0.717) is 25.9 Å². The molecule has 7 rings (SSSR count). The van der Waals surface area contributed by atoms with E-state index in [9.17, 15) is 4.79 Å². The van der Waals surface area contributed by atoms with Crippen LogP contribution in [-0.4, -0.2) is 11.4 Å². The second-order valence-electron chi connectivity index (χ2n) is 8.86. The summed E-state index contributed by atoms with van der Waals surface area (Å²) in [4.78, 5) is 19.7. The minimum absolute atomic E-state index is 0.0846. The zero-order chi connectivity index (χ0) is 24.4. The third-order valence-electron chi connectivity index (χ3n) is 6.85. The number of hydrogen-bond acceptors (Lipinski definition) is 5. The number of aryl methyl sites for hydroxylation is 1. The molecule has 1 unspecified atom stereocenters. The van der Waals surface area contributed by atoms with Crippen LogP contribution in [0.25, 0.3) is 11.8 Å². The van der Waals surface area contributed by atoms with Crippen LogP contribution in [-0.2, 0) is 6.42 Å². The molecule has 1 aromatic heterocycles. The van der Waals surface area contributed by atoms with E-state index in [1.165, 1.54) is 16.9 Å². The van der Waals surface area contributed by atoms with Gasteiger partial charge in [-0.05, 0) is 59.4 Å². The number of thiazole rings is 1. The quantitative estimate of drug-likeness (QED) is 0.318. The molecule has 3 heterocycles. The van der Waals surface area contributed by atoms with Gasteiger partial charge in [0.1, 0.15) is 0 Å². The average Bonchev–Trinajstić information content (AvgIpc) is 3.47. The molecule has 0 spiro atoms. The zero-order valence-electron chi connectivity index (χ0n) is 18.8. The Morgan fingerprint density at radius 1 is 1.06 bits per heavy atom. The highest BCUT2D eigenvalue weighted by molar-refractivity contribution is 9.10. The van der Waals surface area contributed by atoms with Crippen LogP contribution in [0.5, 0.6) is 11.5 Å². The molecule has 0 bridgehead atoms. The Hall–Kier alpha value is -3.13. The van der Waals surface area contributed by atoms with Gasteiger partial charge >= 0.3 is 0 Å². The molecule has 2 aliphatic heterocycles. The van der Waals surface area contributed by atoms with Crippen molar-refractivity contribution in [3.8, 4) is 11.5 Å². The number of nitrogens with zero attached hydrogens (tertiary/aromatic N) is 2. The molecular weight excluding hydrogens is 560 g/mol. The first kappa shape index (κ1) is 22.1. The van der Waals surface area contributed by atoms with Gasteiger partial charge in [-0.3, -0.25) is 9.36 Å². The van der Waals surface area contributed by atoms with Crippen molar-refractivity contribution in [1.29, 1.82) is 0 Å². The van der Waals surface area contributed by atoms with Crippen LogP contribution in [0.3, 0.4) is 0 Å². The van der Waals surface area contributed by atoms with Crippen LogP contribution in [0.15, 0.2) is 80.5 Å². The van der Waals surface area contributed by atoms with Crippen LogP contribution in [0.4, 0.5) is 0 Å². The molecule has 0 fully saturated rings. The minimum atomic E-state index is -0.305. The Bertz CT molecular complexity index is 1790. The second-order valence-corrected chi connectivity index (χ2v) is 11.1. The monoisotopic (exact) mass is 576 g/mol. The van der Waals surface area contributed by atoms with Crippen LogP contribution in [0, 0.1) is 0 Å². The van der Waals surface area contributed by atoms with Gasteiger partial charge < -0.3 is 9.47 Å². The van der Waals surface area contributed by atoms with Crippen molar-refractivity contribution in [2.24, 2.45) is 4.99 Å². The summed E-state index contributed by atoms with van der Waals surface area (Å²) in [5.74, 6) is 1.35. The molecule has 36 heavy (non-hydrogen) atoms. The number of allylic oxidation sites excluding steroid dienone is 1. The molecule has 0 N–H and O–H groups in total. The van der Waals surface area contributed by atoms with Gasteiger partial charge in [0, 0.05) is 15.1 Å². The van der Waals surface area contributed by atoms with E-state index in [1.54, 1.807) is 0 Å². The van der Waals surface area contributed by atoms with E-state index < -0.39 is 0 Å². The largest absolute Gasteiger partial charge is 0.454 e. The molecule has 0 saturated heterocycles. The lowest BCUT2D eigenvalue weighted by Gasteiger charge is -2.31. The maximum atomic E-state index is 13.9. The molecule has 1 atom stereocenters. The van der Waals surface area contributed by atoms with Gasteiger partial charge in [-0.1, -0.05) is 81.3 Å². The fraction of sp³-hybridized carbons (Fsp3) is 0.143. The molecule has 1 aliphatic carbocycles. The van der Waals surface area contributed by atoms with Crippen molar-refractivity contribution >= 4 is 50.6 Å². The standard InChI is InChI=1S/C28H18BrClN2O3S/c29-20-13-23-22(34-14-35-23)11-16(20)12-24-27(33)32-26(18-7-3-4-8-21(18)30)19-10-9-15-5-1-2-6-17(15)25(19)31-28(32)36-24/h1-8,11-13,26H,9-10,14H2/b24-12+. The first-order valence-electron chi connectivity index (χ1n) is 11.5. The molecule has 5 nitrogen and oxygen atoms in total. The van der Waals surface area contributed by atoms with Crippen molar-refractivity contribution in [3.63, 3.8) is 0 Å². The smallest absolute Gasteiger partial charge is 0.271 e. The number of ether oxygens (including phenoxy) is 2. The van der Waals surface area contributed by atoms with Gasteiger partial charge in [0.2, 0.25) is 6.79 Å². The summed E-state index contributed by atoms with van der Waals surface area (Å²) in [7, 11) is 0. The molecule has 3 aliphatic rings. The normalized spacial score (nSPS) is 17.9. The summed E-state index contributed by atoms with van der Waals surface area (Å²) in [5, 5.41) is 0.642. The Labute approximate surface area is 223 Å². The Balaban J connectivity index is 1.49. The first-order chi connectivity index (χ1) is 17.6. The summed E-state index contributed by atoms with van der Waals surface area (Å²) in [6, 6.07) is 19.6. The van der Waals surface area contributed by atoms with E-state index in [0.717, 1.165) is 45.3 Å².